The van der Waals surface area contributed by atoms with Crippen LogP contribution in [0.15, 0.2) is 0 Å². The Bertz CT molecular complexity index is 1330. The van der Waals surface area contributed by atoms with Gasteiger partial charge in [0.1, 0.15) is 0 Å². The summed E-state index contributed by atoms with van der Waals surface area (Å²) in [7, 11) is 0. The number of hydrogen-bond donors (Lipinski definition) is 6. The molecule has 0 aliphatic rings. The highest BCUT2D eigenvalue weighted by Crippen LogP contribution is 2.06. The average molecular weight is 1170 g/mol. The van der Waals surface area contributed by atoms with Crippen LogP contribution in [0.4, 0.5) is 0 Å². The van der Waals surface area contributed by atoms with Gasteiger partial charge in [0.15, 0.2) is 0 Å². The zero-order chi connectivity index (χ0) is 60.7. The Kier molecular flexibility index (Phi) is 55.0. The Morgan fingerprint density at radius 2 is 0.427 bits per heavy atom. The number of nitrogens with zero attached hydrogens (tertiary/aromatic N) is 8. The molecule has 0 aliphatic carbocycles. The number of hydrogen-bond acceptors (Lipinski definition) is 14. The van der Waals surface area contributed by atoms with Gasteiger partial charge in [-0.25, -0.2) is 0 Å². The first-order valence-electron chi connectivity index (χ1n) is 33.7. The van der Waals surface area contributed by atoms with E-state index in [1.807, 2.05) is 0 Å². The minimum atomic E-state index is -0.00634. The van der Waals surface area contributed by atoms with Crippen molar-refractivity contribution in [3.05, 3.63) is 0 Å². The largest absolute Gasteiger partial charge is 0.356 e. The van der Waals surface area contributed by atoms with E-state index in [9.17, 15) is 24.0 Å². The van der Waals surface area contributed by atoms with Crippen LogP contribution in [0.5, 0.6) is 0 Å². The van der Waals surface area contributed by atoms with E-state index in [1.165, 1.54) is 0 Å². The quantitative estimate of drug-likeness (QED) is 0.0426. The second-order valence-corrected chi connectivity index (χ2v) is 22.2. The van der Waals surface area contributed by atoms with Crippen molar-refractivity contribution in [3.8, 4) is 0 Å². The molecule has 0 atom stereocenters. The van der Waals surface area contributed by atoms with E-state index in [4.69, 9.17) is 0 Å². The molecule has 0 saturated carbocycles. The Balaban J connectivity index is 6.17. The monoisotopic (exact) mass is 1170 g/mol. The van der Waals surface area contributed by atoms with Gasteiger partial charge in [-0.1, -0.05) is 94.9 Å². The number of rotatable bonds is 61. The molecule has 0 rings (SSSR count). The highest BCUT2D eigenvalue weighted by molar-refractivity contribution is 5.77. The SMILES string of the molecule is CCN(CC)CCCCCNC(=O)CCN(CCC(=O)NCCCCCN(CC)CC)CCN(CCC(=O)NCCNCCN(CC)CC)CCN(CCC(=O)NCCCCCN(CC)CC)CCC(=O)NCCCCCN(CC)CC. The van der Waals surface area contributed by atoms with Crippen molar-refractivity contribution in [2.24, 2.45) is 0 Å². The zero-order valence-electron chi connectivity index (χ0n) is 55.1. The summed E-state index contributed by atoms with van der Waals surface area (Å²) in [5.41, 5.74) is 0. The summed E-state index contributed by atoms with van der Waals surface area (Å²) in [5, 5.41) is 19.2. The molecule has 82 heavy (non-hydrogen) atoms. The lowest BCUT2D eigenvalue weighted by molar-refractivity contribution is -0.123. The molecule has 0 heterocycles. The van der Waals surface area contributed by atoms with Gasteiger partial charge in [0, 0.05) is 143 Å². The van der Waals surface area contributed by atoms with E-state index in [2.05, 4.69) is 140 Å². The van der Waals surface area contributed by atoms with Crippen molar-refractivity contribution in [2.45, 2.75) is 178 Å². The lowest BCUT2D eigenvalue weighted by Crippen LogP contribution is -2.44. The van der Waals surface area contributed by atoms with Crippen molar-refractivity contribution >= 4 is 29.5 Å². The lowest BCUT2D eigenvalue weighted by Gasteiger charge is -2.30. The first kappa shape index (κ1) is 79.0. The Labute approximate surface area is 504 Å². The van der Waals surface area contributed by atoms with Crippen molar-refractivity contribution in [2.75, 3.05) is 203 Å². The smallest absolute Gasteiger partial charge is 0.221 e. The van der Waals surface area contributed by atoms with E-state index in [0.717, 1.165) is 182 Å². The number of likely N-dealkylation sites (N-methyl/N-ethyl adjacent to an activating group) is 1. The molecular formula is C63H132N14O5. The summed E-state index contributed by atoms with van der Waals surface area (Å²) >= 11 is 0. The molecule has 0 aromatic carbocycles. The van der Waals surface area contributed by atoms with Gasteiger partial charge < -0.3 is 71.1 Å². The molecule has 0 aliphatic heterocycles. The summed E-state index contributed by atoms with van der Waals surface area (Å²) in [5.74, 6) is 0.0798. The number of carbonyl (C=O) groups excluding carboxylic acids is 5. The van der Waals surface area contributed by atoms with Gasteiger partial charge in [-0.05, 0) is 143 Å². The summed E-state index contributed by atoms with van der Waals surface area (Å²) in [6.07, 6.45) is 14.2. The summed E-state index contributed by atoms with van der Waals surface area (Å²) in [6.45, 7) is 47.5. The van der Waals surface area contributed by atoms with Gasteiger partial charge in [0.2, 0.25) is 29.5 Å². The Morgan fingerprint density at radius 3 is 0.671 bits per heavy atom. The maximum Gasteiger partial charge on any atom is 0.221 e. The van der Waals surface area contributed by atoms with Crippen LogP contribution in [-0.2, 0) is 24.0 Å². The second-order valence-electron chi connectivity index (χ2n) is 22.2. The van der Waals surface area contributed by atoms with Gasteiger partial charge in [-0.15, -0.1) is 0 Å². The lowest BCUT2D eigenvalue weighted by atomic mass is 10.2. The van der Waals surface area contributed by atoms with Gasteiger partial charge >= 0.3 is 0 Å². The fourth-order valence-electron chi connectivity index (χ4n) is 10.1. The fourth-order valence-corrected chi connectivity index (χ4v) is 10.1. The van der Waals surface area contributed by atoms with Crippen molar-refractivity contribution in [3.63, 3.8) is 0 Å². The zero-order valence-corrected chi connectivity index (χ0v) is 55.1. The molecule has 0 radical (unpaired) electrons. The third kappa shape index (κ3) is 47.3. The maximum atomic E-state index is 13.4. The molecule has 0 spiro atoms. The van der Waals surface area contributed by atoms with Crippen LogP contribution in [0.2, 0.25) is 0 Å². The van der Waals surface area contributed by atoms with Crippen LogP contribution in [0.25, 0.3) is 0 Å². The van der Waals surface area contributed by atoms with E-state index >= 15 is 0 Å². The van der Waals surface area contributed by atoms with E-state index in [1.54, 1.807) is 0 Å². The minimum Gasteiger partial charge on any atom is -0.356 e. The van der Waals surface area contributed by atoms with Gasteiger partial charge in [-0.3, -0.25) is 24.0 Å². The second kappa shape index (κ2) is 57.1. The molecule has 0 saturated heterocycles. The molecule has 0 bridgehead atoms. The average Bonchev–Trinajstić information content (AvgIpc) is 3.49. The highest BCUT2D eigenvalue weighted by atomic mass is 16.2. The molecule has 0 unspecified atom stereocenters. The van der Waals surface area contributed by atoms with Gasteiger partial charge in [0.25, 0.3) is 0 Å². The molecule has 0 fully saturated rings. The predicted molar refractivity (Wildman–Crippen MR) is 345 cm³/mol. The summed E-state index contributed by atoms with van der Waals surface area (Å²) in [6, 6.07) is 0. The van der Waals surface area contributed by atoms with Crippen LogP contribution in [-0.4, -0.2) is 272 Å². The standard InChI is InChI=1S/C63H132N14O5/c1-11-70(12-2)45-29-21-25-38-65-59(78)33-49-75(50-34-60(79)66-39-26-22-30-46-71(13-3)14-4)55-57-77(53-37-63(82)69-43-42-64-44-54-74(19-9)20-10)58-56-76(51-35-61(80)67-40-27-23-31-47-72(15-5)16-6)52-36-62(81)68-41-28-24-32-48-73(17-7)18-8/h64H,11-58H2,1-10H3,(H,65,78)(H,66,79)(H,67,80)(H,68,81)(H,69,82). The number of nitrogens with one attached hydrogen (secondary N) is 6. The Morgan fingerprint density at radius 1 is 0.207 bits per heavy atom. The molecule has 6 N–H and O–H groups in total. The van der Waals surface area contributed by atoms with Crippen molar-refractivity contribution < 1.29 is 24.0 Å². The minimum absolute atomic E-state index is 0.00634. The summed E-state index contributed by atoms with van der Waals surface area (Å²) < 4.78 is 0. The van der Waals surface area contributed by atoms with E-state index in [-0.39, 0.29) is 29.5 Å². The maximum absolute atomic E-state index is 13.4. The van der Waals surface area contributed by atoms with Crippen LogP contribution < -0.4 is 31.9 Å². The third-order valence-electron chi connectivity index (χ3n) is 16.3. The molecule has 0 aromatic heterocycles. The molecule has 19 nitrogen and oxygen atoms in total. The number of amides is 5. The normalized spacial score (nSPS) is 11.9. The summed E-state index contributed by atoms with van der Waals surface area (Å²) in [4.78, 5) is 85.3. The van der Waals surface area contributed by atoms with E-state index in [0.29, 0.717) is 130 Å². The number of carbonyl (C=O) groups is 5. The molecule has 484 valence electrons. The van der Waals surface area contributed by atoms with Crippen molar-refractivity contribution in [1.82, 2.24) is 71.1 Å². The predicted octanol–water partition coefficient (Wildman–Crippen LogP) is 5.40. The molecule has 19 heteroatoms. The highest BCUT2D eigenvalue weighted by Gasteiger charge is 2.18. The van der Waals surface area contributed by atoms with Gasteiger partial charge in [-0.2, -0.15) is 0 Å². The first-order valence-corrected chi connectivity index (χ1v) is 33.7. The van der Waals surface area contributed by atoms with E-state index < -0.39 is 0 Å². The van der Waals surface area contributed by atoms with Crippen LogP contribution in [0, 0.1) is 0 Å². The fraction of sp³-hybridized carbons (Fsp3) is 0.921. The third-order valence-corrected chi connectivity index (χ3v) is 16.3. The molecule has 5 amide bonds. The molecule has 0 aromatic rings. The first-order chi connectivity index (χ1) is 39.8. The van der Waals surface area contributed by atoms with Gasteiger partial charge in [0.05, 0.1) is 0 Å². The van der Waals surface area contributed by atoms with Crippen molar-refractivity contribution in [1.29, 1.82) is 0 Å². The number of unbranched alkanes of at least 4 members (excludes halogenated alkanes) is 8. The van der Waals surface area contributed by atoms with Crippen LogP contribution in [0.1, 0.15) is 178 Å². The van der Waals surface area contributed by atoms with Crippen LogP contribution >= 0.6 is 0 Å². The Hall–Kier alpha value is -3.01. The van der Waals surface area contributed by atoms with Crippen LogP contribution in [0.3, 0.4) is 0 Å². The topological polar surface area (TPSA) is 183 Å². The molecular weight excluding hydrogens is 1030 g/mol.